The lowest BCUT2D eigenvalue weighted by molar-refractivity contribution is 0.104. The molecular weight excluding hydrogens is 346 g/mol. The van der Waals surface area contributed by atoms with Crippen molar-refractivity contribution >= 4 is 22.8 Å². The van der Waals surface area contributed by atoms with E-state index in [0.717, 1.165) is 27.7 Å². The highest BCUT2D eigenvalue weighted by Gasteiger charge is 2.13. The lowest BCUT2D eigenvalue weighted by Gasteiger charge is -2.09. The van der Waals surface area contributed by atoms with E-state index in [2.05, 4.69) is 0 Å². The second-order valence-electron chi connectivity index (χ2n) is 6.41. The van der Waals surface area contributed by atoms with Gasteiger partial charge < -0.3 is 4.74 Å². The Morgan fingerprint density at radius 3 is 2.32 bits per heavy atom. The number of benzene rings is 3. The zero-order valence-corrected chi connectivity index (χ0v) is 15.5. The van der Waals surface area contributed by atoms with Crippen LogP contribution in [0, 0.1) is 0 Å². The Labute approximate surface area is 163 Å². The largest absolute Gasteiger partial charge is 0.497 e. The Morgan fingerprint density at radius 2 is 1.61 bits per heavy atom. The van der Waals surface area contributed by atoms with Gasteiger partial charge in [-0.05, 0) is 35.9 Å². The summed E-state index contributed by atoms with van der Waals surface area (Å²) in [5.74, 6) is 0.629. The minimum Gasteiger partial charge on any atom is -0.497 e. The number of carbonyl (C=O) groups is 1. The van der Waals surface area contributed by atoms with Gasteiger partial charge in [0.1, 0.15) is 5.75 Å². The second-order valence-corrected chi connectivity index (χ2v) is 6.41. The third-order valence-electron chi connectivity index (χ3n) is 4.58. The standard InChI is InChI=1S/C25H19NO2/c1-28-20-13-14-23-21(16-20)22(17-24(26-23)19-10-6-3-7-11-19)25(27)15-12-18-8-4-2-5-9-18/h2-17H,1H3/b15-12+. The first kappa shape index (κ1) is 17.7. The molecule has 0 bridgehead atoms. The average Bonchev–Trinajstić information content (AvgIpc) is 2.77. The van der Waals surface area contributed by atoms with Crippen LogP contribution in [-0.2, 0) is 0 Å². The Kier molecular flexibility index (Phi) is 4.98. The highest BCUT2D eigenvalue weighted by molar-refractivity contribution is 6.15. The maximum atomic E-state index is 13.1. The van der Waals surface area contributed by atoms with Crippen LogP contribution in [0.25, 0.3) is 28.2 Å². The van der Waals surface area contributed by atoms with Gasteiger partial charge in [0.05, 0.1) is 18.3 Å². The number of hydrogen-bond donors (Lipinski definition) is 0. The van der Waals surface area contributed by atoms with E-state index >= 15 is 0 Å². The van der Waals surface area contributed by atoms with Crippen molar-refractivity contribution in [3.8, 4) is 17.0 Å². The summed E-state index contributed by atoms with van der Waals surface area (Å²) < 4.78 is 5.34. The lowest BCUT2D eigenvalue weighted by atomic mass is 10.00. The number of aromatic nitrogens is 1. The number of allylic oxidation sites excluding steroid dienone is 1. The van der Waals surface area contributed by atoms with Gasteiger partial charge in [0.15, 0.2) is 5.78 Å². The molecule has 0 spiro atoms. The Hall–Kier alpha value is -3.72. The molecule has 0 N–H and O–H groups in total. The molecule has 28 heavy (non-hydrogen) atoms. The molecule has 0 aliphatic heterocycles. The SMILES string of the molecule is COc1ccc2nc(-c3ccccc3)cc(C(=O)/C=C/c3ccccc3)c2c1. The van der Waals surface area contributed by atoms with Crippen molar-refractivity contribution in [1.82, 2.24) is 4.98 Å². The summed E-state index contributed by atoms with van der Waals surface area (Å²) in [5, 5.41) is 0.779. The van der Waals surface area contributed by atoms with Crippen molar-refractivity contribution in [1.29, 1.82) is 0 Å². The van der Waals surface area contributed by atoms with Crippen LogP contribution >= 0.6 is 0 Å². The fraction of sp³-hybridized carbons (Fsp3) is 0.0400. The summed E-state index contributed by atoms with van der Waals surface area (Å²) >= 11 is 0. The zero-order chi connectivity index (χ0) is 19.3. The maximum absolute atomic E-state index is 13.1. The summed E-state index contributed by atoms with van der Waals surface area (Å²) in [5.41, 5.74) is 4.10. The summed E-state index contributed by atoms with van der Waals surface area (Å²) in [7, 11) is 1.61. The van der Waals surface area contributed by atoms with Crippen molar-refractivity contribution < 1.29 is 9.53 Å². The van der Waals surface area contributed by atoms with E-state index in [9.17, 15) is 4.79 Å². The van der Waals surface area contributed by atoms with Crippen LogP contribution < -0.4 is 4.74 Å². The van der Waals surface area contributed by atoms with Gasteiger partial charge in [0.25, 0.3) is 0 Å². The smallest absolute Gasteiger partial charge is 0.186 e. The normalized spacial score (nSPS) is 11.0. The predicted molar refractivity (Wildman–Crippen MR) is 114 cm³/mol. The Morgan fingerprint density at radius 1 is 0.893 bits per heavy atom. The first-order chi connectivity index (χ1) is 13.7. The molecule has 4 rings (SSSR count). The van der Waals surface area contributed by atoms with Gasteiger partial charge in [-0.15, -0.1) is 0 Å². The molecule has 1 aromatic heterocycles. The summed E-state index contributed by atoms with van der Waals surface area (Å²) in [6.07, 6.45) is 3.44. The van der Waals surface area contributed by atoms with E-state index in [1.807, 2.05) is 91.0 Å². The number of ketones is 1. The molecule has 1 heterocycles. The summed E-state index contributed by atoms with van der Waals surface area (Å²) in [6, 6.07) is 27.1. The highest BCUT2D eigenvalue weighted by Crippen LogP contribution is 2.28. The molecule has 0 unspecified atom stereocenters. The average molecular weight is 365 g/mol. The third-order valence-corrected chi connectivity index (χ3v) is 4.58. The molecule has 0 radical (unpaired) electrons. The second kappa shape index (κ2) is 7.89. The number of nitrogens with zero attached hydrogens (tertiary/aromatic N) is 1. The molecule has 0 atom stereocenters. The summed E-state index contributed by atoms with van der Waals surface area (Å²) in [6.45, 7) is 0. The molecule has 3 nitrogen and oxygen atoms in total. The van der Waals surface area contributed by atoms with Crippen molar-refractivity contribution in [2.45, 2.75) is 0 Å². The van der Waals surface area contributed by atoms with E-state index in [-0.39, 0.29) is 5.78 Å². The Balaban J connectivity index is 1.84. The van der Waals surface area contributed by atoms with Gasteiger partial charge in [-0.2, -0.15) is 0 Å². The minimum atomic E-state index is -0.0679. The molecule has 0 fully saturated rings. The topological polar surface area (TPSA) is 39.2 Å². The van der Waals surface area contributed by atoms with Gasteiger partial charge in [-0.3, -0.25) is 4.79 Å². The highest BCUT2D eigenvalue weighted by atomic mass is 16.5. The van der Waals surface area contributed by atoms with Gasteiger partial charge in [0.2, 0.25) is 0 Å². The van der Waals surface area contributed by atoms with Crippen LogP contribution in [0.1, 0.15) is 15.9 Å². The Bertz CT molecular complexity index is 1150. The number of ether oxygens (including phenoxy) is 1. The van der Waals surface area contributed by atoms with Crippen LogP contribution in [-0.4, -0.2) is 17.9 Å². The van der Waals surface area contributed by atoms with Crippen LogP contribution in [0.15, 0.2) is 91.0 Å². The van der Waals surface area contributed by atoms with Crippen LogP contribution in [0.4, 0.5) is 0 Å². The number of hydrogen-bond acceptors (Lipinski definition) is 3. The van der Waals surface area contributed by atoms with E-state index in [1.165, 1.54) is 0 Å². The van der Waals surface area contributed by atoms with E-state index < -0.39 is 0 Å². The van der Waals surface area contributed by atoms with Crippen molar-refractivity contribution in [3.63, 3.8) is 0 Å². The molecule has 0 amide bonds. The number of rotatable bonds is 5. The molecule has 0 saturated heterocycles. The number of fused-ring (bicyclic) bond motifs is 1. The van der Waals surface area contributed by atoms with Crippen molar-refractivity contribution in [2.24, 2.45) is 0 Å². The molecular formula is C25H19NO2. The minimum absolute atomic E-state index is 0.0679. The maximum Gasteiger partial charge on any atom is 0.186 e. The molecule has 3 heteroatoms. The number of methoxy groups -OCH3 is 1. The molecule has 3 aromatic carbocycles. The predicted octanol–water partition coefficient (Wildman–Crippen LogP) is 5.81. The molecule has 136 valence electrons. The number of carbonyl (C=O) groups excluding carboxylic acids is 1. The van der Waals surface area contributed by atoms with Gasteiger partial charge in [-0.25, -0.2) is 4.98 Å². The van der Waals surface area contributed by atoms with Gasteiger partial charge in [-0.1, -0.05) is 66.7 Å². The van der Waals surface area contributed by atoms with E-state index in [1.54, 1.807) is 13.2 Å². The lowest BCUT2D eigenvalue weighted by Crippen LogP contribution is -1.99. The van der Waals surface area contributed by atoms with E-state index in [4.69, 9.17) is 9.72 Å². The number of pyridine rings is 1. The summed E-state index contributed by atoms with van der Waals surface area (Å²) in [4.78, 5) is 17.8. The fourth-order valence-corrected chi connectivity index (χ4v) is 3.12. The van der Waals surface area contributed by atoms with Crippen LogP contribution in [0.5, 0.6) is 5.75 Å². The van der Waals surface area contributed by atoms with Crippen LogP contribution in [0.3, 0.4) is 0 Å². The molecule has 4 aromatic rings. The molecule has 0 saturated carbocycles. The monoisotopic (exact) mass is 365 g/mol. The molecule has 0 aliphatic rings. The van der Waals surface area contributed by atoms with Crippen molar-refractivity contribution in [2.75, 3.05) is 7.11 Å². The first-order valence-corrected chi connectivity index (χ1v) is 9.06. The quantitative estimate of drug-likeness (QED) is 0.331. The van der Waals surface area contributed by atoms with Crippen LogP contribution in [0.2, 0.25) is 0 Å². The first-order valence-electron chi connectivity index (χ1n) is 9.06. The van der Waals surface area contributed by atoms with Gasteiger partial charge in [0, 0.05) is 16.5 Å². The fourth-order valence-electron chi connectivity index (χ4n) is 3.12. The van der Waals surface area contributed by atoms with E-state index in [0.29, 0.717) is 11.3 Å². The van der Waals surface area contributed by atoms with Crippen molar-refractivity contribution in [3.05, 3.63) is 102 Å². The zero-order valence-electron chi connectivity index (χ0n) is 15.5. The molecule has 0 aliphatic carbocycles. The van der Waals surface area contributed by atoms with Gasteiger partial charge >= 0.3 is 0 Å². The third kappa shape index (κ3) is 3.69.